The average Bonchev–Trinajstić information content (AvgIpc) is 2.05. The van der Waals surface area contributed by atoms with E-state index in [4.69, 9.17) is 5.11 Å². The Morgan fingerprint density at radius 3 is 2.31 bits per heavy atom. The number of hydrogen-bond acceptors (Lipinski definition) is 4. The first kappa shape index (κ1) is 12.7. The Bertz CT molecular complexity index is 193. The number of piperazine rings is 1. The predicted octanol–water partition coefficient (Wildman–Crippen LogP) is -0.942. The van der Waals surface area contributed by atoms with Crippen molar-refractivity contribution < 1.29 is 19.4 Å². The van der Waals surface area contributed by atoms with Gasteiger partial charge >= 0.3 is 41.8 Å². The Morgan fingerprint density at radius 1 is 1.31 bits per heavy atom. The van der Waals surface area contributed by atoms with Crippen LogP contribution in [0.2, 0.25) is 0 Å². The average molecular weight is 198 g/mol. The van der Waals surface area contributed by atoms with E-state index in [1.165, 1.54) is 4.90 Å². The third-order valence-electron chi connectivity index (χ3n) is 1.55. The summed E-state index contributed by atoms with van der Waals surface area (Å²) in [5.74, 6) is 0. The molecule has 1 fully saturated rings. The van der Waals surface area contributed by atoms with E-state index in [2.05, 4.69) is 10.1 Å². The Kier molecular flexibility index (Phi) is 6.06. The minimum atomic E-state index is -1.56. The summed E-state index contributed by atoms with van der Waals surface area (Å²) in [6.45, 7) is 2.33. The van der Waals surface area contributed by atoms with Crippen LogP contribution in [-0.4, -0.2) is 78.0 Å². The molecule has 0 spiro atoms. The van der Waals surface area contributed by atoms with Gasteiger partial charge in [0, 0.05) is 26.2 Å². The predicted molar refractivity (Wildman–Crippen MR) is 46.1 cm³/mol. The van der Waals surface area contributed by atoms with Crippen LogP contribution in [0.25, 0.3) is 0 Å². The summed E-state index contributed by atoms with van der Waals surface area (Å²) in [4.78, 5) is 22.2. The number of ether oxygens (including phenoxy) is 1. The molecular formula is C6H11N2NaO4. The van der Waals surface area contributed by atoms with Gasteiger partial charge in [-0.05, 0) is 0 Å². The molecule has 1 aliphatic rings. The molecule has 0 bridgehead atoms. The third-order valence-corrected chi connectivity index (χ3v) is 1.55. The summed E-state index contributed by atoms with van der Waals surface area (Å²) in [6, 6.07) is 0. The van der Waals surface area contributed by atoms with E-state index in [-0.39, 0.29) is 29.6 Å². The molecule has 1 aliphatic heterocycles. The maximum absolute atomic E-state index is 10.9. The summed E-state index contributed by atoms with van der Waals surface area (Å²) in [6.07, 6.45) is -2.34. The first-order chi connectivity index (χ1) is 5.70. The van der Waals surface area contributed by atoms with Gasteiger partial charge in [-0.2, -0.15) is 0 Å². The first-order valence-electron chi connectivity index (χ1n) is 3.60. The number of carbonyl (C=O) groups is 2. The molecule has 1 amide bonds. The summed E-state index contributed by atoms with van der Waals surface area (Å²) in [5.41, 5.74) is 0. The molecule has 70 valence electrons. The van der Waals surface area contributed by atoms with Crippen molar-refractivity contribution in [1.29, 1.82) is 0 Å². The van der Waals surface area contributed by atoms with Gasteiger partial charge in [0.25, 0.3) is 0 Å². The minimum absolute atomic E-state index is 0. The van der Waals surface area contributed by atoms with E-state index in [9.17, 15) is 9.59 Å². The summed E-state index contributed by atoms with van der Waals surface area (Å²) >= 11 is 0. The van der Waals surface area contributed by atoms with Crippen molar-refractivity contribution in [2.45, 2.75) is 0 Å². The van der Waals surface area contributed by atoms with Gasteiger partial charge in [-0.15, -0.1) is 0 Å². The molecule has 0 saturated carbocycles. The van der Waals surface area contributed by atoms with Crippen LogP contribution >= 0.6 is 0 Å². The Hall–Kier alpha value is -0.300. The molecule has 1 rings (SSSR count). The van der Waals surface area contributed by atoms with Crippen molar-refractivity contribution in [2.75, 3.05) is 26.2 Å². The van der Waals surface area contributed by atoms with Gasteiger partial charge in [-0.25, -0.2) is 9.59 Å². The van der Waals surface area contributed by atoms with Crippen LogP contribution in [0.3, 0.4) is 0 Å². The molecule has 0 aliphatic carbocycles. The fourth-order valence-electron chi connectivity index (χ4n) is 0.987. The molecule has 13 heavy (non-hydrogen) atoms. The Labute approximate surface area is 97.5 Å². The SMILES string of the molecule is O=C(O)OC(=O)N1CCNCC1.[NaH]. The van der Waals surface area contributed by atoms with Crippen molar-refractivity contribution in [3.8, 4) is 0 Å². The standard InChI is InChI=1S/C6H10N2O4.Na.H/c9-5(12-6(10)11)8-3-1-7-2-4-8;;/h7H,1-4H2,(H,10,11);;. The second kappa shape index (κ2) is 6.20. The van der Waals surface area contributed by atoms with Crippen molar-refractivity contribution in [3.63, 3.8) is 0 Å². The fraction of sp³-hybridized carbons (Fsp3) is 0.667. The van der Waals surface area contributed by atoms with Crippen LogP contribution in [0.4, 0.5) is 9.59 Å². The molecule has 0 aromatic heterocycles. The molecule has 1 saturated heterocycles. The maximum atomic E-state index is 10.9. The van der Waals surface area contributed by atoms with Crippen LogP contribution in [0.1, 0.15) is 0 Å². The van der Waals surface area contributed by atoms with Crippen LogP contribution in [0.5, 0.6) is 0 Å². The van der Waals surface area contributed by atoms with E-state index in [0.717, 1.165) is 0 Å². The quantitative estimate of drug-likeness (QED) is 0.298. The van der Waals surface area contributed by atoms with Gasteiger partial charge in [0.05, 0.1) is 0 Å². The van der Waals surface area contributed by atoms with Crippen molar-refractivity contribution in [2.24, 2.45) is 0 Å². The van der Waals surface area contributed by atoms with E-state index >= 15 is 0 Å². The molecule has 0 radical (unpaired) electrons. The van der Waals surface area contributed by atoms with E-state index in [1.54, 1.807) is 0 Å². The number of carbonyl (C=O) groups excluding carboxylic acids is 1. The van der Waals surface area contributed by atoms with Crippen molar-refractivity contribution >= 4 is 41.8 Å². The number of nitrogens with zero attached hydrogens (tertiary/aromatic N) is 1. The number of amides is 1. The fourth-order valence-corrected chi connectivity index (χ4v) is 0.987. The van der Waals surface area contributed by atoms with Crippen LogP contribution in [0.15, 0.2) is 0 Å². The molecule has 6 nitrogen and oxygen atoms in total. The van der Waals surface area contributed by atoms with Crippen molar-refractivity contribution in [3.05, 3.63) is 0 Å². The molecular weight excluding hydrogens is 187 g/mol. The normalized spacial score (nSPS) is 15.8. The van der Waals surface area contributed by atoms with E-state index in [1.807, 2.05) is 0 Å². The number of carboxylic acid groups (broad SMARTS) is 1. The van der Waals surface area contributed by atoms with Crippen LogP contribution < -0.4 is 5.32 Å². The van der Waals surface area contributed by atoms with Crippen LogP contribution in [0, 0.1) is 0 Å². The molecule has 0 unspecified atom stereocenters. The topological polar surface area (TPSA) is 78.9 Å². The molecule has 0 aromatic carbocycles. The zero-order chi connectivity index (χ0) is 8.97. The molecule has 0 aromatic rings. The van der Waals surface area contributed by atoms with Gasteiger partial charge in [0.1, 0.15) is 0 Å². The number of hydrogen-bond donors (Lipinski definition) is 2. The second-order valence-electron chi connectivity index (χ2n) is 2.37. The van der Waals surface area contributed by atoms with Gasteiger partial charge in [0.15, 0.2) is 0 Å². The number of nitrogens with one attached hydrogen (secondary N) is 1. The zero-order valence-corrected chi connectivity index (χ0v) is 6.45. The van der Waals surface area contributed by atoms with Gasteiger partial charge < -0.3 is 20.1 Å². The van der Waals surface area contributed by atoms with E-state index in [0.29, 0.717) is 26.2 Å². The molecule has 2 N–H and O–H groups in total. The summed E-state index contributed by atoms with van der Waals surface area (Å²) in [7, 11) is 0. The van der Waals surface area contributed by atoms with Gasteiger partial charge in [0.2, 0.25) is 0 Å². The summed E-state index contributed by atoms with van der Waals surface area (Å²) in [5, 5.41) is 11.2. The van der Waals surface area contributed by atoms with Gasteiger partial charge in [-0.3, -0.25) is 0 Å². The Morgan fingerprint density at radius 2 is 1.85 bits per heavy atom. The molecule has 0 atom stereocenters. The van der Waals surface area contributed by atoms with Gasteiger partial charge in [-0.1, -0.05) is 0 Å². The molecule has 1 heterocycles. The van der Waals surface area contributed by atoms with E-state index < -0.39 is 12.2 Å². The molecule has 7 heteroatoms. The van der Waals surface area contributed by atoms with Crippen molar-refractivity contribution in [1.82, 2.24) is 10.2 Å². The Balaban J connectivity index is 0.00000144. The number of rotatable bonds is 0. The first-order valence-corrected chi connectivity index (χ1v) is 3.60. The monoisotopic (exact) mass is 198 g/mol. The zero-order valence-electron chi connectivity index (χ0n) is 6.45. The van der Waals surface area contributed by atoms with Crippen LogP contribution in [-0.2, 0) is 4.74 Å². The second-order valence-corrected chi connectivity index (χ2v) is 2.37. The third kappa shape index (κ3) is 4.47. The summed E-state index contributed by atoms with van der Waals surface area (Å²) < 4.78 is 3.97.